The van der Waals surface area contributed by atoms with Crippen molar-refractivity contribution < 1.29 is 0 Å². The van der Waals surface area contributed by atoms with E-state index in [2.05, 4.69) is 13.8 Å². The Kier molecular flexibility index (Phi) is 11.0. The summed E-state index contributed by atoms with van der Waals surface area (Å²) in [6, 6.07) is 0. The molecule has 0 spiro atoms. The summed E-state index contributed by atoms with van der Waals surface area (Å²) in [4.78, 5) is 0. The predicted molar refractivity (Wildman–Crippen MR) is 78.1 cm³/mol. The first-order chi connectivity index (χ1) is 8.24. The lowest BCUT2D eigenvalue weighted by Crippen LogP contribution is -2.38. The van der Waals surface area contributed by atoms with Crippen LogP contribution in [-0.2, 0) is 0 Å². The number of unbranched alkanes of at least 4 members (excludes halogenated alkanes) is 6. The summed E-state index contributed by atoms with van der Waals surface area (Å²) in [5.41, 5.74) is 12.2. The highest BCUT2D eigenvalue weighted by Crippen LogP contribution is 2.29. The molecule has 0 saturated heterocycles. The molecule has 2 heteroatoms. The highest BCUT2D eigenvalue weighted by molar-refractivity contribution is 4.81. The van der Waals surface area contributed by atoms with E-state index in [9.17, 15) is 0 Å². The zero-order valence-corrected chi connectivity index (χ0v) is 12.1. The Balaban J connectivity index is 3.88. The van der Waals surface area contributed by atoms with Crippen LogP contribution in [-0.4, -0.2) is 13.1 Å². The largest absolute Gasteiger partial charge is 0.330 e. The van der Waals surface area contributed by atoms with E-state index in [0.29, 0.717) is 0 Å². The molecule has 0 aromatic heterocycles. The zero-order chi connectivity index (χ0) is 13.0. The Hall–Kier alpha value is -0.0800. The van der Waals surface area contributed by atoms with Crippen LogP contribution in [0.15, 0.2) is 0 Å². The summed E-state index contributed by atoms with van der Waals surface area (Å²) in [6.45, 7) is 6.04. The monoisotopic (exact) mass is 242 g/mol. The van der Waals surface area contributed by atoms with Crippen LogP contribution in [0.2, 0.25) is 0 Å². The van der Waals surface area contributed by atoms with E-state index in [1.807, 2.05) is 0 Å². The molecule has 2 nitrogen and oxygen atoms in total. The maximum atomic E-state index is 5.97. The molecule has 0 aliphatic carbocycles. The van der Waals surface area contributed by atoms with Gasteiger partial charge >= 0.3 is 0 Å². The van der Waals surface area contributed by atoms with Crippen molar-refractivity contribution in [1.29, 1.82) is 0 Å². The third kappa shape index (κ3) is 7.77. The van der Waals surface area contributed by atoms with Gasteiger partial charge < -0.3 is 11.5 Å². The third-order valence-electron chi connectivity index (χ3n) is 3.99. The lowest BCUT2D eigenvalue weighted by molar-refractivity contribution is 0.241. The van der Waals surface area contributed by atoms with Crippen LogP contribution >= 0.6 is 0 Å². The fourth-order valence-electron chi connectivity index (χ4n) is 2.47. The highest BCUT2D eigenvalue weighted by atomic mass is 14.7. The summed E-state index contributed by atoms with van der Waals surface area (Å²) in [7, 11) is 0. The van der Waals surface area contributed by atoms with Gasteiger partial charge in [-0.1, -0.05) is 65.2 Å². The van der Waals surface area contributed by atoms with Gasteiger partial charge in [-0.2, -0.15) is 0 Å². The lowest BCUT2D eigenvalue weighted by Gasteiger charge is -2.31. The summed E-state index contributed by atoms with van der Waals surface area (Å²) >= 11 is 0. The first-order valence-electron chi connectivity index (χ1n) is 7.64. The van der Waals surface area contributed by atoms with Gasteiger partial charge in [0.2, 0.25) is 0 Å². The van der Waals surface area contributed by atoms with Gasteiger partial charge in [-0.3, -0.25) is 0 Å². The third-order valence-corrected chi connectivity index (χ3v) is 3.99. The quantitative estimate of drug-likeness (QED) is 0.511. The molecule has 0 rings (SSSR count). The standard InChI is InChI=1S/C15H34N2/c1-3-5-7-9-11-15(13-16,14-17)12-10-8-6-4-2/h3-14,16-17H2,1-2H3. The molecule has 0 bridgehead atoms. The van der Waals surface area contributed by atoms with Crippen molar-refractivity contribution in [2.75, 3.05) is 13.1 Å². The van der Waals surface area contributed by atoms with E-state index in [1.165, 1.54) is 64.2 Å². The predicted octanol–water partition coefficient (Wildman–Crippen LogP) is 3.83. The van der Waals surface area contributed by atoms with Gasteiger partial charge in [-0.25, -0.2) is 0 Å². The van der Waals surface area contributed by atoms with Gasteiger partial charge in [-0.15, -0.1) is 0 Å². The van der Waals surface area contributed by atoms with Crippen LogP contribution in [0.25, 0.3) is 0 Å². The molecule has 0 aromatic rings. The molecule has 0 saturated carbocycles. The topological polar surface area (TPSA) is 52.0 Å². The minimum absolute atomic E-state index is 0.238. The number of hydrogen-bond donors (Lipinski definition) is 2. The first kappa shape index (κ1) is 16.9. The van der Waals surface area contributed by atoms with Crippen molar-refractivity contribution in [2.45, 2.75) is 78.1 Å². The van der Waals surface area contributed by atoms with E-state index in [0.717, 1.165) is 13.1 Å². The molecule has 104 valence electrons. The van der Waals surface area contributed by atoms with Crippen molar-refractivity contribution in [3.8, 4) is 0 Å². The fraction of sp³-hybridized carbons (Fsp3) is 1.00. The lowest BCUT2D eigenvalue weighted by atomic mass is 9.78. The Labute approximate surface area is 109 Å². The van der Waals surface area contributed by atoms with Gasteiger partial charge in [-0.05, 0) is 31.3 Å². The van der Waals surface area contributed by atoms with Crippen LogP contribution in [0.4, 0.5) is 0 Å². The zero-order valence-electron chi connectivity index (χ0n) is 12.1. The average molecular weight is 242 g/mol. The Morgan fingerprint density at radius 1 is 0.647 bits per heavy atom. The van der Waals surface area contributed by atoms with E-state index in [4.69, 9.17) is 11.5 Å². The molecule has 0 unspecified atom stereocenters. The SMILES string of the molecule is CCCCCCC(CN)(CN)CCCCCC. The van der Waals surface area contributed by atoms with Crippen molar-refractivity contribution in [3.63, 3.8) is 0 Å². The normalized spacial score (nSPS) is 12.0. The number of nitrogens with two attached hydrogens (primary N) is 2. The molecule has 0 aliphatic rings. The van der Waals surface area contributed by atoms with Gasteiger partial charge in [0.15, 0.2) is 0 Å². The smallest absolute Gasteiger partial charge is 0.000844 e. The molecule has 0 aliphatic heterocycles. The molecule has 4 N–H and O–H groups in total. The average Bonchev–Trinajstić information content (AvgIpc) is 2.37. The molecule has 0 amide bonds. The van der Waals surface area contributed by atoms with E-state index >= 15 is 0 Å². The Bertz CT molecular complexity index is 139. The van der Waals surface area contributed by atoms with Crippen LogP contribution in [0, 0.1) is 5.41 Å². The van der Waals surface area contributed by atoms with Gasteiger partial charge in [0, 0.05) is 0 Å². The second-order valence-corrected chi connectivity index (χ2v) is 5.53. The van der Waals surface area contributed by atoms with Crippen molar-refractivity contribution in [3.05, 3.63) is 0 Å². The number of rotatable bonds is 12. The highest BCUT2D eigenvalue weighted by Gasteiger charge is 2.25. The second-order valence-electron chi connectivity index (χ2n) is 5.53. The van der Waals surface area contributed by atoms with Crippen LogP contribution in [0.1, 0.15) is 78.1 Å². The summed E-state index contributed by atoms with van der Waals surface area (Å²) in [5.74, 6) is 0. The number of hydrogen-bond acceptors (Lipinski definition) is 2. The van der Waals surface area contributed by atoms with Crippen LogP contribution < -0.4 is 11.5 Å². The van der Waals surface area contributed by atoms with E-state index in [1.54, 1.807) is 0 Å². The van der Waals surface area contributed by atoms with Gasteiger partial charge in [0.25, 0.3) is 0 Å². The summed E-state index contributed by atoms with van der Waals surface area (Å²) < 4.78 is 0. The molecule has 0 heterocycles. The second kappa shape index (κ2) is 11.0. The Morgan fingerprint density at radius 3 is 1.35 bits per heavy atom. The molecule has 0 aromatic carbocycles. The summed E-state index contributed by atoms with van der Waals surface area (Å²) in [5, 5.41) is 0. The van der Waals surface area contributed by atoms with E-state index in [-0.39, 0.29) is 5.41 Å². The van der Waals surface area contributed by atoms with Crippen molar-refractivity contribution in [2.24, 2.45) is 16.9 Å². The molecule has 0 radical (unpaired) electrons. The molecule has 0 fully saturated rings. The van der Waals surface area contributed by atoms with Crippen LogP contribution in [0.3, 0.4) is 0 Å². The minimum atomic E-state index is 0.238. The van der Waals surface area contributed by atoms with E-state index < -0.39 is 0 Å². The molecule has 0 atom stereocenters. The Morgan fingerprint density at radius 2 is 1.06 bits per heavy atom. The maximum absolute atomic E-state index is 5.97. The first-order valence-corrected chi connectivity index (χ1v) is 7.64. The van der Waals surface area contributed by atoms with Crippen molar-refractivity contribution in [1.82, 2.24) is 0 Å². The van der Waals surface area contributed by atoms with Gasteiger partial charge in [0.05, 0.1) is 0 Å². The maximum Gasteiger partial charge on any atom is -0.000844 e. The fourth-order valence-corrected chi connectivity index (χ4v) is 2.47. The van der Waals surface area contributed by atoms with Crippen LogP contribution in [0.5, 0.6) is 0 Å². The summed E-state index contributed by atoms with van der Waals surface area (Å²) in [6.07, 6.45) is 13.0. The molecular weight excluding hydrogens is 208 g/mol. The van der Waals surface area contributed by atoms with Crippen molar-refractivity contribution >= 4 is 0 Å². The van der Waals surface area contributed by atoms with Gasteiger partial charge in [0.1, 0.15) is 0 Å². The molecular formula is C15H34N2. The minimum Gasteiger partial charge on any atom is -0.330 e. The molecule has 17 heavy (non-hydrogen) atoms.